The molecule has 9 nitrogen and oxygen atoms in total. The summed E-state index contributed by atoms with van der Waals surface area (Å²) in [6.45, 7) is 7.09. The normalized spacial score (nSPS) is 15.2. The molecular weight excluding hydrogens is 402 g/mol. The highest BCUT2D eigenvalue weighted by Crippen LogP contribution is 2.50. The lowest BCUT2D eigenvalue weighted by Gasteiger charge is -2.36. The minimum absolute atomic E-state index is 0.207. The van der Waals surface area contributed by atoms with E-state index >= 15 is 0 Å². The molecule has 1 atom stereocenters. The number of aromatic hydroxyl groups is 1. The molecule has 31 heavy (non-hydrogen) atoms. The maximum atomic E-state index is 12.5. The van der Waals surface area contributed by atoms with E-state index in [1.807, 2.05) is 26.8 Å². The second kappa shape index (κ2) is 8.58. The number of H-pyrrole nitrogens is 1. The minimum Gasteiger partial charge on any atom is -0.507 e. The highest BCUT2D eigenvalue weighted by Gasteiger charge is 2.39. The van der Waals surface area contributed by atoms with Crippen LogP contribution in [0.5, 0.6) is 17.4 Å². The lowest BCUT2D eigenvalue weighted by Crippen LogP contribution is -2.31. The van der Waals surface area contributed by atoms with Crippen LogP contribution in [0.2, 0.25) is 0 Å². The van der Waals surface area contributed by atoms with Crippen molar-refractivity contribution in [3.63, 3.8) is 0 Å². The van der Waals surface area contributed by atoms with Crippen molar-refractivity contribution >= 4 is 5.91 Å². The van der Waals surface area contributed by atoms with E-state index in [4.69, 9.17) is 19.9 Å². The third-order valence-electron chi connectivity index (χ3n) is 5.51. The molecule has 1 unspecified atom stereocenters. The van der Waals surface area contributed by atoms with Crippen LogP contribution in [0.25, 0.3) is 11.4 Å². The van der Waals surface area contributed by atoms with Crippen molar-refractivity contribution < 1.29 is 24.1 Å². The summed E-state index contributed by atoms with van der Waals surface area (Å²) in [6.07, 6.45) is 1.23. The Hall–Kier alpha value is -3.07. The summed E-state index contributed by atoms with van der Waals surface area (Å²) in [4.78, 5) is 31.6. The summed E-state index contributed by atoms with van der Waals surface area (Å²) in [5.41, 5.74) is 5.98. The number of nitrogens with one attached hydrogen (secondary N) is 1. The summed E-state index contributed by atoms with van der Waals surface area (Å²) in [6, 6.07) is 1.85. The molecule has 1 amide bonds. The molecule has 0 aromatic carbocycles. The first-order valence-electron chi connectivity index (χ1n) is 10.1. The zero-order valence-corrected chi connectivity index (χ0v) is 18.5. The fourth-order valence-electron chi connectivity index (χ4n) is 3.94. The quantitative estimate of drug-likeness (QED) is 0.572. The van der Waals surface area contributed by atoms with Gasteiger partial charge in [0, 0.05) is 25.7 Å². The zero-order valence-electron chi connectivity index (χ0n) is 18.5. The van der Waals surface area contributed by atoms with Crippen LogP contribution in [0, 0.1) is 5.41 Å². The second-order valence-electron chi connectivity index (χ2n) is 8.65. The van der Waals surface area contributed by atoms with Crippen molar-refractivity contribution in [2.75, 3.05) is 27.4 Å². The van der Waals surface area contributed by atoms with E-state index in [1.165, 1.54) is 7.11 Å². The molecule has 0 fully saturated rings. The van der Waals surface area contributed by atoms with E-state index < -0.39 is 22.8 Å². The highest BCUT2D eigenvalue weighted by molar-refractivity contribution is 5.96. The minimum atomic E-state index is -0.981. The molecule has 9 heteroatoms. The molecule has 0 aliphatic heterocycles. The molecule has 4 N–H and O–H groups in total. The Balaban J connectivity index is 2.20. The number of hydrogen-bond acceptors (Lipinski definition) is 7. The van der Waals surface area contributed by atoms with Gasteiger partial charge in [-0.05, 0) is 29.4 Å². The number of fused-ring (bicyclic) bond motifs is 3. The number of methoxy groups -OCH3 is 2. The number of hydrogen-bond donors (Lipinski definition) is 3. The van der Waals surface area contributed by atoms with Gasteiger partial charge in [-0.15, -0.1) is 0 Å². The fourth-order valence-corrected chi connectivity index (χ4v) is 3.94. The van der Waals surface area contributed by atoms with Gasteiger partial charge in [-0.25, -0.2) is 4.98 Å². The van der Waals surface area contributed by atoms with Crippen molar-refractivity contribution in [3.8, 4) is 28.8 Å². The van der Waals surface area contributed by atoms with Crippen LogP contribution in [0.4, 0.5) is 0 Å². The van der Waals surface area contributed by atoms with Gasteiger partial charge in [0.1, 0.15) is 11.3 Å². The Morgan fingerprint density at radius 1 is 1.32 bits per heavy atom. The van der Waals surface area contributed by atoms with Gasteiger partial charge in [0.05, 0.1) is 25.1 Å². The molecule has 2 aromatic rings. The van der Waals surface area contributed by atoms with E-state index in [2.05, 4.69) is 9.97 Å². The van der Waals surface area contributed by atoms with Crippen LogP contribution in [0.1, 0.15) is 54.6 Å². The molecule has 0 bridgehead atoms. The van der Waals surface area contributed by atoms with Crippen molar-refractivity contribution in [2.45, 2.75) is 39.5 Å². The van der Waals surface area contributed by atoms with Crippen LogP contribution in [0.15, 0.2) is 10.9 Å². The standard InChI is InChI=1S/C22H29N3O6/c1-22(2,3)12-9-11-10-13(31-8-6-7-29-4)21(30-5)25-16(11)17-14(12)18(26)15(19(23)27)20(28)24-17/h10,12H,6-9H2,1-5H3,(H2,23,27)(H2,24,26,28). The van der Waals surface area contributed by atoms with Crippen LogP contribution < -0.4 is 20.8 Å². The summed E-state index contributed by atoms with van der Waals surface area (Å²) in [5, 5.41) is 10.9. The first kappa shape index (κ1) is 22.6. The van der Waals surface area contributed by atoms with Crippen molar-refractivity contribution in [1.29, 1.82) is 0 Å². The van der Waals surface area contributed by atoms with E-state index in [9.17, 15) is 14.7 Å². The molecule has 168 valence electrons. The molecule has 0 saturated carbocycles. The number of pyridine rings is 2. The highest BCUT2D eigenvalue weighted by atomic mass is 16.5. The van der Waals surface area contributed by atoms with Crippen LogP contribution in [0.3, 0.4) is 0 Å². The molecule has 0 saturated heterocycles. The van der Waals surface area contributed by atoms with Gasteiger partial charge in [0.15, 0.2) is 5.75 Å². The molecule has 1 aliphatic carbocycles. The smallest absolute Gasteiger partial charge is 0.265 e. The number of nitrogens with zero attached hydrogens (tertiary/aromatic N) is 1. The summed E-state index contributed by atoms with van der Waals surface area (Å²) in [7, 11) is 3.11. The summed E-state index contributed by atoms with van der Waals surface area (Å²) < 4.78 is 16.3. The number of rotatable bonds is 7. The molecule has 0 radical (unpaired) electrons. The predicted octanol–water partition coefficient (Wildman–Crippen LogP) is 2.35. The largest absolute Gasteiger partial charge is 0.507 e. The van der Waals surface area contributed by atoms with Gasteiger partial charge < -0.3 is 30.0 Å². The monoisotopic (exact) mass is 431 g/mol. The van der Waals surface area contributed by atoms with E-state index in [0.717, 1.165) is 5.56 Å². The molecular formula is C22H29N3O6. The van der Waals surface area contributed by atoms with Crippen molar-refractivity contribution in [3.05, 3.63) is 33.1 Å². The van der Waals surface area contributed by atoms with Gasteiger partial charge in [-0.3, -0.25) is 9.59 Å². The molecule has 1 aliphatic rings. The van der Waals surface area contributed by atoms with E-state index in [-0.39, 0.29) is 17.2 Å². The van der Waals surface area contributed by atoms with Crippen LogP contribution >= 0.6 is 0 Å². The SMILES string of the molecule is COCCCOc1cc2c(nc1OC)-c1[nH]c(=O)c(C(N)=O)c(O)c1C(C(C)(C)C)C2. The molecule has 2 aromatic heterocycles. The second-order valence-corrected chi connectivity index (χ2v) is 8.65. The number of carbonyl (C=O) groups excluding carboxylic acids is 1. The third kappa shape index (κ3) is 4.23. The average Bonchev–Trinajstić information content (AvgIpc) is 2.68. The van der Waals surface area contributed by atoms with Crippen molar-refractivity contribution in [1.82, 2.24) is 9.97 Å². The number of amides is 1. The predicted molar refractivity (Wildman–Crippen MR) is 115 cm³/mol. The average molecular weight is 431 g/mol. The van der Waals surface area contributed by atoms with Gasteiger partial charge in [-0.1, -0.05) is 20.8 Å². The number of aromatic nitrogens is 2. The van der Waals surface area contributed by atoms with E-state index in [0.29, 0.717) is 48.8 Å². The molecule has 3 rings (SSSR count). The Labute approximate surface area is 180 Å². The lowest BCUT2D eigenvalue weighted by atomic mass is 9.69. The van der Waals surface area contributed by atoms with Gasteiger partial charge in [-0.2, -0.15) is 0 Å². The summed E-state index contributed by atoms with van der Waals surface area (Å²) in [5.74, 6) is -0.825. The molecule has 0 spiro atoms. The maximum Gasteiger partial charge on any atom is 0.265 e. The molecule has 2 heterocycles. The number of primary amides is 1. The first-order valence-corrected chi connectivity index (χ1v) is 10.1. The number of ether oxygens (including phenoxy) is 3. The first-order chi connectivity index (χ1) is 14.6. The Kier molecular flexibility index (Phi) is 6.26. The Bertz CT molecular complexity index is 1050. The van der Waals surface area contributed by atoms with Crippen molar-refractivity contribution in [2.24, 2.45) is 11.1 Å². The summed E-state index contributed by atoms with van der Waals surface area (Å²) >= 11 is 0. The Morgan fingerprint density at radius 2 is 2.03 bits per heavy atom. The number of carbonyl (C=O) groups is 1. The zero-order chi connectivity index (χ0) is 22.9. The Morgan fingerprint density at radius 3 is 2.61 bits per heavy atom. The van der Waals surface area contributed by atoms with Gasteiger partial charge >= 0.3 is 0 Å². The van der Waals surface area contributed by atoms with Gasteiger partial charge in [0.25, 0.3) is 17.3 Å². The maximum absolute atomic E-state index is 12.5. The van der Waals surface area contributed by atoms with Crippen LogP contribution in [-0.2, 0) is 11.2 Å². The topological polar surface area (TPSA) is 137 Å². The third-order valence-corrected chi connectivity index (χ3v) is 5.51. The number of nitrogens with two attached hydrogens (primary N) is 1. The van der Waals surface area contributed by atoms with Gasteiger partial charge in [0.2, 0.25) is 0 Å². The fraction of sp³-hybridized carbons (Fsp3) is 0.500. The number of aromatic amines is 1. The van der Waals surface area contributed by atoms with Crippen LogP contribution in [-0.4, -0.2) is 48.4 Å². The lowest BCUT2D eigenvalue weighted by molar-refractivity contribution is 0.0995. The van der Waals surface area contributed by atoms with E-state index in [1.54, 1.807) is 7.11 Å².